The zero-order chi connectivity index (χ0) is 13.8. The Morgan fingerprint density at radius 1 is 1.42 bits per heavy atom. The van der Waals surface area contributed by atoms with Crippen LogP contribution in [0.3, 0.4) is 0 Å². The summed E-state index contributed by atoms with van der Waals surface area (Å²) in [6.07, 6.45) is 3.89. The van der Waals surface area contributed by atoms with Crippen molar-refractivity contribution in [2.24, 2.45) is 0 Å². The minimum atomic E-state index is -0.135. The number of nitrogens with zero attached hydrogens (tertiary/aromatic N) is 1. The summed E-state index contributed by atoms with van der Waals surface area (Å²) in [7, 11) is 0. The van der Waals surface area contributed by atoms with E-state index >= 15 is 0 Å². The molecule has 1 saturated heterocycles. The number of likely N-dealkylation sites (tertiary alicyclic amines) is 1. The Labute approximate surface area is 123 Å². The number of rotatable bonds is 3. The highest BCUT2D eigenvalue weighted by Gasteiger charge is 2.28. The average Bonchev–Trinajstić information content (AvgIpc) is 2.39. The molecule has 1 N–H and O–H groups in total. The molecule has 0 radical (unpaired) electrons. The summed E-state index contributed by atoms with van der Waals surface area (Å²) in [6.45, 7) is 0.725. The molecule has 0 bridgehead atoms. The Balaban J connectivity index is 2.21. The Kier molecular flexibility index (Phi) is 4.94. The number of amides is 1. The van der Waals surface area contributed by atoms with E-state index in [-0.39, 0.29) is 17.7 Å². The first-order chi connectivity index (χ1) is 9.13. The Bertz CT molecular complexity index is 463. The SMILES string of the molecule is O=C(c1ccc(Cl)cc1O)N1CCCCC1CCCl. The fourth-order valence-corrected chi connectivity index (χ4v) is 2.95. The standard InChI is InChI=1S/C14H17Cl2NO2/c15-7-6-11-3-1-2-8-17(11)14(19)12-5-4-10(16)9-13(12)18/h4-5,9,11,18H,1-3,6-8H2. The van der Waals surface area contributed by atoms with Crippen molar-refractivity contribution in [3.05, 3.63) is 28.8 Å². The second kappa shape index (κ2) is 6.49. The molecule has 19 heavy (non-hydrogen) atoms. The lowest BCUT2D eigenvalue weighted by atomic mass is 9.98. The third kappa shape index (κ3) is 3.34. The van der Waals surface area contributed by atoms with Gasteiger partial charge in [-0.25, -0.2) is 0 Å². The van der Waals surface area contributed by atoms with Gasteiger partial charge in [-0.05, 0) is 43.9 Å². The molecule has 5 heteroatoms. The van der Waals surface area contributed by atoms with Gasteiger partial charge in [0, 0.05) is 23.5 Å². The van der Waals surface area contributed by atoms with Crippen molar-refractivity contribution in [1.82, 2.24) is 4.90 Å². The molecule has 0 aromatic heterocycles. The Hall–Kier alpha value is -0.930. The molecule has 0 spiro atoms. The van der Waals surface area contributed by atoms with Crippen molar-refractivity contribution in [1.29, 1.82) is 0 Å². The fraction of sp³-hybridized carbons (Fsp3) is 0.500. The minimum absolute atomic E-state index is 0.0623. The number of hydrogen-bond donors (Lipinski definition) is 1. The van der Waals surface area contributed by atoms with Gasteiger partial charge in [0.1, 0.15) is 5.75 Å². The molecule has 1 heterocycles. The summed E-state index contributed by atoms with van der Waals surface area (Å²) in [5, 5.41) is 10.3. The molecule has 1 aromatic rings. The number of benzene rings is 1. The summed E-state index contributed by atoms with van der Waals surface area (Å²) in [4.78, 5) is 14.3. The van der Waals surface area contributed by atoms with Gasteiger partial charge in [-0.15, -0.1) is 11.6 Å². The molecule has 3 nitrogen and oxygen atoms in total. The molecule has 1 aliphatic rings. The number of carbonyl (C=O) groups excluding carboxylic acids is 1. The van der Waals surface area contributed by atoms with Gasteiger partial charge in [0.05, 0.1) is 5.56 Å². The molecule has 0 saturated carbocycles. The molecule has 0 aliphatic carbocycles. The maximum atomic E-state index is 12.5. The van der Waals surface area contributed by atoms with E-state index in [4.69, 9.17) is 23.2 Å². The van der Waals surface area contributed by atoms with Crippen molar-refractivity contribution >= 4 is 29.1 Å². The van der Waals surface area contributed by atoms with Crippen LogP contribution in [-0.4, -0.2) is 34.4 Å². The third-order valence-corrected chi connectivity index (χ3v) is 3.97. The van der Waals surface area contributed by atoms with Crippen LogP contribution in [0.5, 0.6) is 5.75 Å². The van der Waals surface area contributed by atoms with E-state index < -0.39 is 0 Å². The highest BCUT2D eigenvalue weighted by atomic mass is 35.5. The van der Waals surface area contributed by atoms with Crippen LogP contribution in [0.1, 0.15) is 36.0 Å². The van der Waals surface area contributed by atoms with E-state index in [1.165, 1.54) is 6.07 Å². The van der Waals surface area contributed by atoms with E-state index in [1.54, 1.807) is 12.1 Å². The van der Waals surface area contributed by atoms with Crippen LogP contribution >= 0.6 is 23.2 Å². The first-order valence-electron chi connectivity index (χ1n) is 6.49. The van der Waals surface area contributed by atoms with Gasteiger partial charge in [0.2, 0.25) is 0 Å². The third-order valence-electron chi connectivity index (χ3n) is 3.52. The number of piperidine rings is 1. The van der Waals surface area contributed by atoms with Crippen molar-refractivity contribution < 1.29 is 9.90 Å². The van der Waals surface area contributed by atoms with E-state index in [0.717, 1.165) is 32.2 Å². The zero-order valence-electron chi connectivity index (χ0n) is 10.6. The second-order valence-electron chi connectivity index (χ2n) is 4.79. The first kappa shape index (κ1) is 14.5. The molecule has 2 rings (SSSR count). The van der Waals surface area contributed by atoms with Crippen LogP contribution in [0.2, 0.25) is 5.02 Å². The molecule has 1 unspecified atom stereocenters. The van der Waals surface area contributed by atoms with Crippen LogP contribution in [-0.2, 0) is 0 Å². The molecule has 1 amide bonds. The van der Waals surface area contributed by atoms with Gasteiger partial charge in [0.25, 0.3) is 5.91 Å². The second-order valence-corrected chi connectivity index (χ2v) is 5.60. The van der Waals surface area contributed by atoms with Crippen molar-refractivity contribution in [3.8, 4) is 5.75 Å². The van der Waals surface area contributed by atoms with Gasteiger partial charge >= 0.3 is 0 Å². The fourth-order valence-electron chi connectivity index (χ4n) is 2.53. The zero-order valence-corrected chi connectivity index (χ0v) is 12.1. The number of phenolic OH excluding ortho intramolecular Hbond substituents is 1. The summed E-state index contributed by atoms with van der Waals surface area (Å²) in [5.41, 5.74) is 0.311. The molecule has 104 valence electrons. The number of halogens is 2. The number of phenols is 1. The normalized spacial score (nSPS) is 19.5. The molecule has 1 fully saturated rings. The predicted octanol–water partition coefficient (Wildman–Crippen LogP) is 3.67. The molecular formula is C14H17Cl2NO2. The average molecular weight is 302 g/mol. The molecule has 1 aromatic carbocycles. The minimum Gasteiger partial charge on any atom is -0.507 e. The highest BCUT2D eigenvalue weighted by molar-refractivity contribution is 6.30. The van der Waals surface area contributed by atoms with Gasteiger partial charge in [-0.3, -0.25) is 4.79 Å². The van der Waals surface area contributed by atoms with Gasteiger partial charge in [-0.2, -0.15) is 0 Å². The van der Waals surface area contributed by atoms with E-state index in [9.17, 15) is 9.90 Å². The maximum Gasteiger partial charge on any atom is 0.257 e. The van der Waals surface area contributed by atoms with Gasteiger partial charge in [0.15, 0.2) is 0 Å². The molecule has 1 aliphatic heterocycles. The van der Waals surface area contributed by atoms with E-state index in [2.05, 4.69) is 0 Å². The quantitative estimate of drug-likeness (QED) is 0.865. The number of alkyl halides is 1. The summed E-state index contributed by atoms with van der Waals surface area (Å²) in [5.74, 6) is 0.345. The molecular weight excluding hydrogens is 285 g/mol. The topological polar surface area (TPSA) is 40.5 Å². The van der Waals surface area contributed by atoms with Crippen LogP contribution in [0.15, 0.2) is 18.2 Å². The lowest BCUT2D eigenvalue weighted by Gasteiger charge is -2.35. The lowest BCUT2D eigenvalue weighted by molar-refractivity contribution is 0.0606. The van der Waals surface area contributed by atoms with Crippen LogP contribution < -0.4 is 0 Å². The van der Waals surface area contributed by atoms with Gasteiger partial charge < -0.3 is 10.0 Å². The molecule has 1 atom stereocenters. The maximum absolute atomic E-state index is 12.5. The first-order valence-corrected chi connectivity index (χ1v) is 7.40. The van der Waals surface area contributed by atoms with E-state index in [1.807, 2.05) is 4.90 Å². The largest absolute Gasteiger partial charge is 0.507 e. The predicted molar refractivity (Wildman–Crippen MR) is 77.1 cm³/mol. The number of hydrogen-bond acceptors (Lipinski definition) is 2. The number of aromatic hydroxyl groups is 1. The summed E-state index contributed by atoms with van der Waals surface area (Å²) < 4.78 is 0. The summed E-state index contributed by atoms with van der Waals surface area (Å²) in [6, 6.07) is 4.77. The highest BCUT2D eigenvalue weighted by Crippen LogP contribution is 2.27. The van der Waals surface area contributed by atoms with Crippen LogP contribution in [0.4, 0.5) is 0 Å². The smallest absolute Gasteiger partial charge is 0.257 e. The Morgan fingerprint density at radius 3 is 2.89 bits per heavy atom. The van der Waals surface area contributed by atoms with Crippen LogP contribution in [0.25, 0.3) is 0 Å². The van der Waals surface area contributed by atoms with Gasteiger partial charge in [-0.1, -0.05) is 11.6 Å². The van der Waals surface area contributed by atoms with Crippen molar-refractivity contribution in [3.63, 3.8) is 0 Å². The summed E-state index contributed by atoms with van der Waals surface area (Å²) >= 11 is 11.6. The van der Waals surface area contributed by atoms with E-state index in [0.29, 0.717) is 16.5 Å². The van der Waals surface area contributed by atoms with Crippen molar-refractivity contribution in [2.75, 3.05) is 12.4 Å². The monoisotopic (exact) mass is 301 g/mol. The number of carbonyl (C=O) groups is 1. The van der Waals surface area contributed by atoms with Crippen molar-refractivity contribution in [2.45, 2.75) is 31.7 Å². The lowest BCUT2D eigenvalue weighted by Crippen LogP contribution is -2.44. The Morgan fingerprint density at radius 2 is 2.21 bits per heavy atom. The van der Waals surface area contributed by atoms with Crippen LogP contribution in [0, 0.1) is 0 Å².